The topological polar surface area (TPSA) is 42.1 Å². The van der Waals surface area contributed by atoms with Crippen LogP contribution in [-0.4, -0.2) is 49.8 Å². The maximum Gasteiger partial charge on any atom is 0.123 e. The third-order valence-electron chi connectivity index (χ3n) is 3.57. The van der Waals surface area contributed by atoms with Gasteiger partial charge in [0.1, 0.15) is 5.82 Å². The molecule has 6 heteroatoms. The van der Waals surface area contributed by atoms with Gasteiger partial charge in [0.2, 0.25) is 0 Å². The monoisotopic (exact) mass is 274 g/mol. The Morgan fingerprint density at radius 1 is 1.25 bits per heavy atom. The van der Waals surface area contributed by atoms with Crippen molar-refractivity contribution < 1.29 is 0 Å². The van der Waals surface area contributed by atoms with E-state index in [0.29, 0.717) is 0 Å². The molecule has 0 amide bonds. The Morgan fingerprint density at radius 3 is 2.80 bits per heavy atom. The predicted molar refractivity (Wildman–Crippen MR) is 76.9 cm³/mol. The number of aryl methyl sites for hydroxylation is 1. The van der Waals surface area contributed by atoms with Crippen molar-refractivity contribution >= 4 is 0 Å². The Bertz CT molecular complexity index is 582. The molecule has 0 aromatic carbocycles. The molecule has 1 aliphatic heterocycles. The van der Waals surface area contributed by atoms with Crippen LogP contribution in [0.15, 0.2) is 18.6 Å². The minimum absolute atomic E-state index is 0.905. The molecule has 1 aliphatic rings. The molecule has 108 valence electrons. The smallest absolute Gasteiger partial charge is 0.123 e. The van der Waals surface area contributed by atoms with Crippen molar-refractivity contribution in [1.29, 1.82) is 0 Å². The molecule has 0 saturated carbocycles. The van der Waals surface area contributed by atoms with Crippen LogP contribution in [0.4, 0.5) is 0 Å². The molecule has 0 atom stereocenters. The minimum atomic E-state index is 0.905. The van der Waals surface area contributed by atoms with Crippen molar-refractivity contribution in [3.8, 4) is 0 Å². The highest BCUT2D eigenvalue weighted by molar-refractivity contribution is 5.08. The van der Waals surface area contributed by atoms with Crippen LogP contribution in [-0.2, 0) is 33.2 Å². The summed E-state index contributed by atoms with van der Waals surface area (Å²) in [6.07, 6.45) is 6.22. The second kappa shape index (κ2) is 5.38. The first-order chi connectivity index (χ1) is 9.60. The largest absolute Gasteiger partial charge is 0.332 e. The zero-order chi connectivity index (χ0) is 14.1. The summed E-state index contributed by atoms with van der Waals surface area (Å²) in [5.74, 6) is 1.18. The molecule has 0 radical (unpaired) electrons. The van der Waals surface area contributed by atoms with Crippen LogP contribution in [0.25, 0.3) is 0 Å². The van der Waals surface area contributed by atoms with E-state index in [1.54, 1.807) is 0 Å². The highest BCUT2D eigenvalue weighted by Gasteiger charge is 2.19. The van der Waals surface area contributed by atoms with Crippen LogP contribution in [0.3, 0.4) is 0 Å². The maximum absolute atomic E-state index is 4.75. The molecule has 3 rings (SSSR count). The van der Waals surface area contributed by atoms with E-state index in [4.69, 9.17) is 4.98 Å². The van der Waals surface area contributed by atoms with E-state index in [0.717, 1.165) is 38.4 Å². The van der Waals surface area contributed by atoms with Gasteiger partial charge in [0.15, 0.2) is 0 Å². The van der Waals surface area contributed by atoms with Crippen molar-refractivity contribution in [2.75, 3.05) is 20.6 Å². The number of imidazole rings is 1. The lowest BCUT2D eigenvalue weighted by molar-refractivity contribution is 0.209. The van der Waals surface area contributed by atoms with Gasteiger partial charge >= 0.3 is 0 Å². The second-order valence-corrected chi connectivity index (χ2v) is 5.81. The molecule has 20 heavy (non-hydrogen) atoms. The number of hydrogen-bond donors (Lipinski definition) is 0. The van der Waals surface area contributed by atoms with E-state index in [1.165, 1.54) is 11.4 Å². The fraction of sp³-hybridized carbons (Fsp3) is 0.571. The van der Waals surface area contributed by atoms with Crippen molar-refractivity contribution in [3.05, 3.63) is 35.7 Å². The lowest BCUT2D eigenvalue weighted by Crippen LogP contribution is -2.33. The van der Waals surface area contributed by atoms with Gasteiger partial charge in [-0.3, -0.25) is 9.58 Å². The van der Waals surface area contributed by atoms with E-state index in [9.17, 15) is 0 Å². The number of hydrogen-bond acceptors (Lipinski definition) is 4. The first-order valence-electron chi connectivity index (χ1n) is 6.99. The van der Waals surface area contributed by atoms with Gasteiger partial charge in [-0.05, 0) is 14.1 Å². The van der Waals surface area contributed by atoms with Gasteiger partial charge in [-0.25, -0.2) is 4.98 Å². The lowest BCUT2D eigenvalue weighted by atomic mass is 10.3. The molecule has 2 aromatic rings. The van der Waals surface area contributed by atoms with Crippen molar-refractivity contribution in [2.45, 2.75) is 26.2 Å². The molecule has 0 saturated heterocycles. The van der Waals surface area contributed by atoms with E-state index >= 15 is 0 Å². The van der Waals surface area contributed by atoms with Crippen molar-refractivity contribution in [1.82, 2.24) is 29.1 Å². The Labute approximate surface area is 119 Å². The third kappa shape index (κ3) is 2.91. The summed E-state index contributed by atoms with van der Waals surface area (Å²) in [5.41, 5.74) is 2.43. The second-order valence-electron chi connectivity index (χ2n) is 5.81. The lowest BCUT2D eigenvalue weighted by Gasteiger charge is -2.26. The molecular formula is C14H22N6. The molecule has 0 N–H and O–H groups in total. The summed E-state index contributed by atoms with van der Waals surface area (Å²) in [7, 11) is 6.11. The van der Waals surface area contributed by atoms with Crippen molar-refractivity contribution in [3.63, 3.8) is 0 Å². The first kappa shape index (κ1) is 13.3. The van der Waals surface area contributed by atoms with Gasteiger partial charge in [-0.2, -0.15) is 5.10 Å². The van der Waals surface area contributed by atoms with E-state index < -0.39 is 0 Å². The van der Waals surface area contributed by atoms with Gasteiger partial charge in [0.05, 0.1) is 18.4 Å². The normalized spacial score (nSPS) is 15.8. The van der Waals surface area contributed by atoms with Gasteiger partial charge in [-0.15, -0.1) is 0 Å². The molecule has 2 aromatic heterocycles. The summed E-state index contributed by atoms with van der Waals surface area (Å²) in [6, 6.07) is 0. The highest BCUT2D eigenvalue weighted by Crippen LogP contribution is 2.15. The molecule has 0 fully saturated rings. The first-order valence-corrected chi connectivity index (χ1v) is 6.99. The Hall–Kier alpha value is -1.66. The third-order valence-corrected chi connectivity index (χ3v) is 3.57. The summed E-state index contributed by atoms with van der Waals surface area (Å²) < 4.78 is 4.15. The van der Waals surface area contributed by atoms with Gasteiger partial charge in [-0.1, -0.05) is 0 Å². The number of nitrogens with zero attached hydrogens (tertiary/aromatic N) is 6. The van der Waals surface area contributed by atoms with Crippen LogP contribution in [0.5, 0.6) is 0 Å². The van der Waals surface area contributed by atoms with Crippen LogP contribution in [0, 0.1) is 0 Å². The zero-order valence-electron chi connectivity index (χ0n) is 12.5. The summed E-state index contributed by atoms with van der Waals surface area (Å²) >= 11 is 0. The SMILES string of the molecule is CN(C)Cc1cn2c(n1)CN(Cc1cnn(C)c1)CC2. The molecule has 0 unspecified atom stereocenters. The van der Waals surface area contributed by atoms with Crippen LogP contribution in [0.1, 0.15) is 17.1 Å². The van der Waals surface area contributed by atoms with Crippen LogP contribution < -0.4 is 0 Å². The standard InChI is InChI=1S/C14H22N6/c1-17(2)9-13-10-20-5-4-19(11-14(20)16-13)8-12-6-15-18(3)7-12/h6-7,10H,4-5,8-9,11H2,1-3H3. The Kier molecular flexibility index (Phi) is 3.58. The summed E-state index contributed by atoms with van der Waals surface area (Å²) in [4.78, 5) is 9.33. The molecule has 6 nitrogen and oxygen atoms in total. The van der Waals surface area contributed by atoms with E-state index in [1.807, 2.05) is 17.9 Å². The Balaban J connectivity index is 1.67. The van der Waals surface area contributed by atoms with Crippen molar-refractivity contribution in [2.24, 2.45) is 7.05 Å². The Morgan fingerprint density at radius 2 is 2.10 bits per heavy atom. The highest BCUT2D eigenvalue weighted by atomic mass is 15.3. The summed E-state index contributed by atoms with van der Waals surface area (Å²) in [6.45, 7) is 4.87. The summed E-state index contributed by atoms with van der Waals surface area (Å²) in [5, 5.41) is 4.23. The number of fused-ring (bicyclic) bond motifs is 1. The van der Waals surface area contributed by atoms with Gasteiger partial charge in [0, 0.05) is 51.2 Å². The molecule has 3 heterocycles. The van der Waals surface area contributed by atoms with E-state index in [2.05, 4.69) is 46.0 Å². The zero-order valence-corrected chi connectivity index (χ0v) is 12.5. The van der Waals surface area contributed by atoms with Gasteiger partial charge in [0.25, 0.3) is 0 Å². The predicted octanol–water partition coefficient (Wildman–Crippen LogP) is 0.694. The molecule has 0 spiro atoms. The number of rotatable bonds is 4. The fourth-order valence-corrected chi connectivity index (χ4v) is 2.71. The van der Waals surface area contributed by atoms with E-state index in [-0.39, 0.29) is 0 Å². The minimum Gasteiger partial charge on any atom is -0.332 e. The fourth-order valence-electron chi connectivity index (χ4n) is 2.71. The average molecular weight is 274 g/mol. The van der Waals surface area contributed by atoms with Gasteiger partial charge < -0.3 is 9.47 Å². The quantitative estimate of drug-likeness (QED) is 0.823. The van der Waals surface area contributed by atoms with Crippen LogP contribution >= 0.6 is 0 Å². The molecular weight excluding hydrogens is 252 g/mol. The molecule has 0 aliphatic carbocycles. The average Bonchev–Trinajstić information content (AvgIpc) is 2.94. The number of aromatic nitrogens is 4. The van der Waals surface area contributed by atoms with Crippen LogP contribution in [0.2, 0.25) is 0 Å². The molecule has 0 bridgehead atoms. The maximum atomic E-state index is 4.75.